The molecule has 0 aliphatic carbocycles. The van der Waals surface area contributed by atoms with E-state index in [1.54, 1.807) is 11.8 Å². The van der Waals surface area contributed by atoms with Crippen molar-refractivity contribution in [2.45, 2.75) is 52.0 Å². The fourth-order valence-corrected chi connectivity index (χ4v) is 4.20. The molecule has 6 nitrogen and oxygen atoms in total. The average molecular weight is 470 g/mol. The number of hydrogen-bond donors (Lipinski definition) is 0. The Bertz CT molecular complexity index is 921. The Morgan fingerprint density at radius 3 is 2.21 bits per heavy atom. The third-order valence-electron chi connectivity index (χ3n) is 5.19. The Hall–Kier alpha value is -2.51. The largest absolute Gasteiger partial charge is 0.494 e. The van der Waals surface area contributed by atoms with E-state index in [1.807, 2.05) is 54.6 Å². The minimum atomic E-state index is 0.530. The van der Waals surface area contributed by atoms with Crippen LogP contribution in [0.15, 0.2) is 59.0 Å². The van der Waals surface area contributed by atoms with Crippen molar-refractivity contribution < 1.29 is 13.9 Å². The van der Waals surface area contributed by atoms with Crippen LogP contribution in [-0.2, 0) is 5.75 Å². The van der Waals surface area contributed by atoms with Crippen molar-refractivity contribution in [1.29, 1.82) is 0 Å². The molecule has 0 amide bonds. The van der Waals surface area contributed by atoms with E-state index in [-0.39, 0.29) is 0 Å². The lowest BCUT2D eigenvalue weighted by Gasteiger charge is -2.30. The molecule has 0 radical (unpaired) electrons. The van der Waals surface area contributed by atoms with Crippen LogP contribution in [0.5, 0.6) is 11.5 Å². The SMILES string of the molecule is CC(C)N(CCCOc1ccc(-c2nnc(CSCCOc3ccccc3)o2)cc1)C(C)C. The molecule has 0 aliphatic rings. The number of rotatable bonds is 14. The molecule has 3 aromatic rings. The third kappa shape index (κ3) is 8.41. The molecule has 0 spiro atoms. The number of para-hydroxylation sites is 1. The van der Waals surface area contributed by atoms with E-state index >= 15 is 0 Å². The van der Waals surface area contributed by atoms with Crippen molar-refractivity contribution in [3.8, 4) is 23.0 Å². The van der Waals surface area contributed by atoms with Gasteiger partial charge in [0.1, 0.15) is 11.5 Å². The van der Waals surface area contributed by atoms with Gasteiger partial charge in [-0.3, -0.25) is 4.90 Å². The molecule has 0 saturated carbocycles. The first-order valence-electron chi connectivity index (χ1n) is 11.6. The maximum Gasteiger partial charge on any atom is 0.247 e. The fraction of sp³-hybridized carbons (Fsp3) is 0.462. The summed E-state index contributed by atoms with van der Waals surface area (Å²) in [6, 6.07) is 18.7. The van der Waals surface area contributed by atoms with Crippen LogP contribution >= 0.6 is 11.8 Å². The first-order valence-corrected chi connectivity index (χ1v) is 12.8. The molecular weight excluding hydrogens is 434 g/mol. The van der Waals surface area contributed by atoms with E-state index in [9.17, 15) is 0 Å². The van der Waals surface area contributed by atoms with Crippen LogP contribution in [-0.4, -0.2) is 52.7 Å². The summed E-state index contributed by atoms with van der Waals surface area (Å²) in [6.07, 6.45) is 0.999. The second-order valence-corrected chi connectivity index (χ2v) is 9.47. The summed E-state index contributed by atoms with van der Waals surface area (Å²) in [5.74, 6) is 4.41. The Kier molecular flexibility index (Phi) is 10.1. The lowest BCUT2D eigenvalue weighted by atomic mass is 10.2. The molecule has 0 bridgehead atoms. The van der Waals surface area contributed by atoms with E-state index in [2.05, 4.69) is 42.8 Å². The van der Waals surface area contributed by atoms with Crippen molar-refractivity contribution in [1.82, 2.24) is 15.1 Å². The molecule has 0 saturated heterocycles. The first-order chi connectivity index (χ1) is 16.0. The third-order valence-corrected chi connectivity index (χ3v) is 6.10. The molecule has 7 heteroatoms. The fourth-order valence-electron chi connectivity index (χ4n) is 3.57. The van der Waals surface area contributed by atoms with Crippen LogP contribution < -0.4 is 9.47 Å². The molecule has 0 atom stereocenters. The van der Waals surface area contributed by atoms with Crippen molar-refractivity contribution in [3.05, 3.63) is 60.5 Å². The maximum atomic E-state index is 5.91. The predicted octanol–water partition coefficient (Wildman–Crippen LogP) is 5.94. The molecule has 1 heterocycles. The highest BCUT2D eigenvalue weighted by Gasteiger charge is 2.13. The molecule has 178 valence electrons. The van der Waals surface area contributed by atoms with Crippen LogP contribution in [0, 0.1) is 0 Å². The number of thioether (sulfide) groups is 1. The molecule has 3 rings (SSSR count). The highest BCUT2D eigenvalue weighted by Crippen LogP contribution is 2.23. The quantitative estimate of drug-likeness (QED) is 0.271. The number of nitrogens with zero attached hydrogens (tertiary/aromatic N) is 3. The van der Waals surface area contributed by atoms with Gasteiger partial charge in [-0.1, -0.05) is 18.2 Å². The smallest absolute Gasteiger partial charge is 0.247 e. The Balaban J connectivity index is 1.37. The Labute approximate surface area is 201 Å². The second-order valence-electron chi connectivity index (χ2n) is 8.37. The van der Waals surface area contributed by atoms with Gasteiger partial charge in [-0.05, 0) is 70.5 Å². The summed E-state index contributed by atoms with van der Waals surface area (Å²) in [5, 5.41) is 8.34. The molecule has 0 fully saturated rings. The lowest BCUT2D eigenvalue weighted by molar-refractivity contribution is 0.160. The van der Waals surface area contributed by atoms with Crippen LogP contribution in [0.1, 0.15) is 40.0 Å². The lowest BCUT2D eigenvalue weighted by Crippen LogP contribution is -2.38. The topological polar surface area (TPSA) is 60.6 Å². The van der Waals surface area contributed by atoms with Crippen molar-refractivity contribution >= 4 is 11.8 Å². The monoisotopic (exact) mass is 469 g/mol. The summed E-state index contributed by atoms with van der Waals surface area (Å²) in [5.41, 5.74) is 0.893. The van der Waals surface area contributed by atoms with Gasteiger partial charge in [0.25, 0.3) is 0 Å². The first kappa shape index (κ1) is 25.1. The van der Waals surface area contributed by atoms with Crippen LogP contribution in [0.3, 0.4) is 0 Å². The average Bonchev–Trinajstić information content (AvgIpc) is 3.28. The summed E-state index contributed by atoms with van der Waals surface area (Å²) < 4.78 is 17.4. The highest BCUT2D eigenvalue weighted by molar-refractivity contribution is 7.98. The summed E-state index contributed by atoms with van der Waals surface area (Å²) in [6.45, 7) is 11.3. The number of benzene rings is 2. The van der Waals surface area contributed by atoms with Gasteiger partial charge >= 0.3 is 0 Å². The molecule has 2 aromatic carbocycles. The molecule has 0 aliphatic heterocycles. The van der Waals surface area contributed by atoms with Gasteiger partial charge in [0.2, 0.25) is 11.8 Å². The zero-order valence-electron chi connectivity index (χ0n) is 20.1. The van der Waals surface area contributed by atoms with Gasteiger partial charge in [0.05, 0.1) is 19.0 Å². The van der Waals surface area contributed by atoms with Crippen molar-refractivity contribution in [2.75, 3.05) is 25.5 Å². The number of hydrogen-bond acceptors (Lipinski definition) is 7. The zero-order chi connectivity index (χ0) is 23.5. The van der Waals surface area contributed by atoms with E-state index in [1.165, 1.54) is 0 Å². The zero-order valence-corrected chi connectivity index (χ0v) is 20.9. The number of aromatic nitrogens is 2. The normalized spacial score (nSPS) is 11.5. The van der Waals surface area contributed by atoms with E-state index in [4.69, 9.17) is 13.9 Å². The Morgan fingerprint density at radius 2 is 1.52 bits per heavy atom. The van der Waals surface area contributed by atoms with Crippen molar-refractivity contribution in [2.24, 2.45) is 0 Å². The van der Waals surface area contributed by atoms with Gasteiger partial charge in [0.15, 0.2) is 0 Å². The van der Waals surface area contributed by atoms with Gasteiger partial charge < -0.3 is 13.9 Å². The molecule has 0 unspecified atom stereocenters. The summed E-state index contributed by atoms with van der Waals surface area (Å²) in [7, 11) is 0. The summed E-state index contributed by atoms with van der Waals surface area (Å²) in [4.78, 5) is 2.48. The minimum absolute atomic E-state index is 0.530. The van der Waals surface area contributed by atoms with E-state index in [0.29, 0.717) is 42.8 Å². The number of ether oxygens (including phenoxy) is 2. The molecule has 33 heavy (non-hydrogen) atoms. The van der Waals surface area contributed by atoms with Gasteiger partial charge in [-0.15, -0.1) is 22.0 Å². The van der Waals surface area contributed by atoms with Gasteiger partial charge in [-0.25, -0.2) is 0 Å². The minimum Gasteiger partial charge on any atom is -0.494 e. The van der Waals surface area contributed by atoms with Crippen LogP contribution in [0.4, 0.5) is 0 Å². The van der Waals surface area contributed by atoms with Gasteiger partial charge in [0, 0.05) is 29.9 Å². The van der Waals surface area contributed by atoms with E-state index < -0.39 is 0 Å². The molecule has 0 N–H and O–H groups in total. The molecule has 1 aromatic heterocycles. The second kappa shape index (κ2) is 13.3. The maximum absolute atomic E-state index is 5.91. The van der Waals surface area contributed by atoms with E-state index in [0.717, 1.165) is 35.8 Å². The summed E-state index contributed by atoms with van der Waals surface area (Å²) >= 11 is 1.71. The predicted molar refractivity (Wildman–Crippen MR) is 135 cm³/mol. The molecular formula is C26H35N3O3S. The van der Waals surface area contributed by atoms with Crippen LogP contribution in [0.2, 0.25) is 0 Å². The van der Waals surface area contributed by atoms with Crippen LogP contribution in [0.25, 0.3) is 11.5 Å². The van der Waals surface area contributed by atoms with Crippen molar-refractivity contribution in [3.63, 3.8) is 0 Å². The standard InChI is InChI=1S/C26H35N3O3S/c1-20(2)29(21(3)4)15-8-16-30-24-13-11-22(12-14-24)26-28-27-25(32-26)19-33-18-17-31-23-9-6-5-7-10-23/h5-7,9-14,20-21H,8,15-19H2,1-4H3. The Morgan fingerprint density at radius 1 is 0.848 bits per heavy atom. The highest BCUT2D eigenvalue weighted by atomic mass is 32.2. The van der Waals surface area contributed by atoms with Gasteiger partial charge in [-0.2, -0.15) is 0 Å².